The lowest BCUT2D eigenvalue weighted by molar-refractivity contribution is -0.167. The molecule has 0 aromatic carbocycles. The molecule has 0 N–H and O–H groups in total. The number of hydrogen-bond donors (Lipinski definition) is 0. The summed E-state index contributed by atoms with van der Waals surface area (Å²) in [5.41, 5.74) is 0. The average molecular weight is 948 g/mol. The highest BCUT2D eigenvalue weighted by Crippen LogP contribution is 2.18. The van der Waals surface area contributed by atoms with E-state index in [1.807, 2.05) is 0 Å². The third kappa shape index (κ3) is 55.2. The van der Waals surface area contributed by atoms with Crippen LogP contribution >= 0.6 is 0 Å². The Morgan fingerprint density at radius 1 is 0.284 bits per heavy atom. The van der Waals surface area contributed by atoms with Gasteiger partial charge in [0.05, 0.1) is 0 Å². The maximum absolute atomic E-state index is 12.9. The molecule has 0 spiro atoms. The summed E-state index contributed by atoms with van der Waals surface area (Å²) in [5.74, 6) is 0.0186. The van der Waals surface area contributed by atoms with Crippen molar-refractivity contribution in [3.63, 3.8) is 0 Å². The molecule has 0 heterocycles. The summed E-state index contributed by atoms with van der Waals surface area (Å²) in [4.78, 5) is 38.2. The maximum atomic E-state index is 12.9. The van der Waals surface area contributed by atoms with E-state index in [-0.39, 0.29) is 31.1 Å². The van der Waals surface area contributed by atoms with E-state index < -0.39 is 6.10 Å². The first-order valence-corrected chi connectivity index (χ1v) is 30.4. The molecule has 0 fully saturated rings. The van der Waals surface area contributed by atoms with Crippen LogP contribution < -0.4 is 0 Å². The first kappa shape index (κ1) is 65.4. The SMILES string of the molecule is CCCCCCCCCCCCCCCCCCC(=O)O[C@H](COC(=O)CCCCCCCCCCCCCCCCC)COC(=O)CCCCCCCCCCCCCCCCCC(C)C. The van der Waals surface area contributed by atoms with E-state index in [0.29, 0.717) is 19.3 Å². The van der Waals surface area contributed by atoms with E-state index in [1.54, 1.807) is 0 Å². The first-order chi connectivity index (χ1) is 32.9. The summed E-state index contributed by atoms with van der Waals surface area (Å²) < 4.78 is 16.9. The molecular formula is C61H118O6. The second-order valence-corrected chi connectivity index (χ2v) is 21.5. The predicted molar refractivity (Wildman–Crippen MR) is 289 cm³/mol. The minimum atomic E-state index is -0.762. The fourth-order valence-electron chi connectivity index (χ4n) is 9.46. The Balaban J connectivity index is 4.29. The molecule has 0 aliphatic heterocycles. The largest absolute Gasteiger partial charge is 0.462 e. The number of carbonyl (C=O) groups is 3. The normalized spacial score (nSPS) is 12.0. The van der Waals surface area contributed by atoms with Crippen molar-refractivity contribution in [2.75, 3.05) is 13.2 Å². The molecule has 6 heteroatoms. The van der Waals surface area contributed by atoms with Gasteiger partial charge in [-0.15, -0.1) is 0 Å². The summed E-state index contributed by atoms with van der Waals surface area (Å²) in [6, 6.07) is 0. The van der Waals surface area contributed by atoms with Crippen LogP contribution in [0.1, 0.15) is 349 Å². The van der Waals surface area contributed by atoms with Crippen LogP contribution in [-0.2, 0) is 28.6 Å². The minimum Gasteiger partial charge on any atom is -0.462 e. The highest BCUT2D eigenvalue weighted by atomic mass is 16.6. The van der Waals surface area contributed by atoms with Gasteiger partial charge in [0.25, 0.3) is 0 Å². The number of unbranched alkanes of at least 4 members (excludes halogenated alkanes) is 43. The summed E-state index contributed by atoms with van der Waals surface area (Å²) >= 11 is 0. The Morgan fingerprint density at radius 3 is 0.731 bits per heavy atom. The lowest BCUT2D eigenvalue weighted by atomic mass is 10.0. The number of rotatable bonds is 56. The van der Waals surface area contributed by atoms with Crippen LogP contribution in [0.25, 0.3) is 0 Å². The number of hydrogen-bond acceptors (Lipinski definition) is 6. The van der Waals surface area contributed by atoms with Crippen molar-refractivity contribution in [2.45, 2.75) is 355 Å². The number of carbonyl (C=O) groups excluding carboxylic acids is 3. The molecule has 0 saturated heterocycles. The van der Waals surface area contributed by atoms with E-state index >= 15 is 0 Å². The molecule has 0 aromatic rings. The van der Waals surface area contributed by atoms with Crippen molar-refractivity contribution in [3.05, 3.63) is 0 Å². The first-order valence-electron chi connectivity index (χ1n) is 30.4. The van der Waals surface area contributed by atoms with Gasteiger partial charge in [-0.2, -0.15) is 0 Å². The Hall–Kier alpha value is -1.59. The second-order valence-electron chi connectivity index (χ2n) is 21.5. The topological polar surface area (TPSA) is 78.9 Å². The second kappa shape index (κ2) is 55.3. The third-order valence-electron chi connectivity index (χ3n) is 14.0. The van der Waals surface area contributed by atoms with E-state index in [2.05, 4.69) is 27.7 Å². The zero-order chi connectivity index (χ0) is 48.8. The van der Waals surface area contributed by atoms with Gasteiger partial charge in [-0.05, 0) is 25.2 Å². The van der Waals surface area contributed by atoms with Crippen molar-refractivity contribution in [1.29, 1.82) is 0 Å². The van der Waals surface area contributed by atoms with Crippen LogP contribution in [0.4, 0.5) is 0 Å². The maximum Gasteiger partial charge on any atom is 0.306 e. The Morgan fingerprint density at radius 2 is 0.493 bits per heavy atom. The zero-order valence-corrected chi connectivity index (χ0v) is 45.9. The van der Waals surface area contributed by atoms with Crippen LogP contribution in [0.5, 0.6) is 0 Å². The fourth-order valence-corrected chi connectivity index (χ4v) is 9.46. The summed E-state index contributed by atoms with van der Waals surface area (Å²) in [6.07, 6.45) is 60.9. The molecule has 0 aliphatic rings. The van der Waals surface area contributed by atoms with Crippen LogP contribution in [0.2, 0.25) is 0 Å². The van der Waals surface area contributed by atoms with Crippen molar-refractivity contribution in [1.82, 2.24) is 0 Å². The van der Waals surface area contributed by atoms with Gasteiger partial charge >= 0.3 is 17.9 Å². The van der Waals surface area contributed by atoms with Crippen molar-refractivity contribution in [3.8, 4) is 0 Å². The van der Waals surface area contributed by atoms with Crippen LogP contribution in [-0.4, -0.2) is 37.2 Å². The molecule has 0 aliphatic carbocycles. The average Bonchev–Trinajstić information content (AvgIpc) is 3.31. The fraction of sp³-hybridized carbons (Fsp3) is 0.951. The molecule has 0 radical (unpaired) electrons. The molecule has 67 heavy (non-hydrogen) atoms. The van der Waals surface area contributed by atoms with Crippen molar-refractivity contribution in [2.24, 2.45) is 5.92 Å². The number of esters is 3. The molecule has 398 valence electrons. The monoisotopic (exact) mass is 947 g/mol. The Bertz CT molecular complexity index is 1010. The van der Waals surface area contributed by atoms with E-state index in [9.17, 15) is 14.4 Å². The van der Waals surface area contributed by atoms with Gasteiger partial charge in [-0.25, -0.2) is 0 Å². The van der Waals surface area contributed by atoms with Gasteiger partial charge in [0.15, 0.2) is 6.10 Å². The molecule has 0 unspecified atom stereocenters. The molecule has 0 rings (SSSR count). The van der Waals surface area contributed by atoms with Gasteiger partial charge in [0.2, 0.25) is 0 Å². The van der Waals surface area contributed by atoms with E-state index in [0.717, 1.165) is 63.7 Å². The standard InChI is InChI=1S/C61H118O6/c1-5-7-9-11-13-15-17-19-21-25-30-34-38-42-46-50-54-61(64)67-58(55-65-59(62)52-48-44-40-36-32-28-23-20-18-16-14-12-10-8-6-2)56-66-60(63)53-49-45-41-37-33-29-26-22-24-27-31-35-39-43-47-51-57(3)4/h57-58H,5-56H2,1-4H3/t58-/m1/s1. The summed E-state index contributed by atoms with van der Waals surface area (Å²) in [5, 5.41) is 0. The van der Waals surface area contributed by atoms with E-state index in [4.69, 9.17) is 14.2 Å². The lowest BCUT2D eigenvalue weighted by Gasteiger charge is -2.18. The molecule has 6 nitrogen and oxygen atoms in total. The van der Waals surface area contributed by atoms with Crippen LogP contribution in [0, 0.1) is 5.92 Å². The smallest absolute Gasteiger partial charge is 0.306 e. The number of ether oxygens (including phenoxy) is 3. The van der Waals surface area contributed by atoms with Crippen LogP contribution in [0.15, 0.2) is 0 Å². The predicted octanol–water partition coefficient (Wildman–Crippen LogP) is 20.2. The third-order valence-corrected chi connectivity index (χ3v) is 14.0. The van der Waals surface area contributed by atoms with Crippen molar-refractivity contribution >= 4 is 17.9 Å². The van der Waals surface area contributed by atoms with Gasteiger partial charge < -0.3 is 14.2 Å². The van der Waals surface area contributed by atoms with Gasteiger partial charge in [-0.1, -0.05) is 310 Å². The molecular weight excluding hydrogens is 829 g/mol. The summed E-state index contributed by atoms with van der Waals surface area (Å²) in [7, 11) is 0. The van der Waals surface area contributed by atoms with Gasteiger partial charge in [0.1, 0.15) is 13.2 Å². The Kier molecular flexibility index (Phi) is 54.0. The van der Waals surface area contributed by atoms with Crippen LogP contribution in [0.3, 0.4) is 0 Å². The zero-order valence-electron chi connectivity index (χ0n) is 45.9. The molecule has 0 bridgehead atoms. The molecule has 0 amide bonds. The quantitative estimate of drug-likeness (QED) is 0.0343. The lowest BCUT2D eigenvalue weighted by Crippen LogP contribution is -2.30. The van der Waals surface area contributed by atoms with Gasteiger partial charge in [-0.3, -0.25) is 14.4 Å². The highest BCUT2D eigenvalue weighted by molar-refractivity contribution is 5.71. The highest BCUT2D eigenvalue weighted by Gasteiger charge is 2.19. The Labute approximate surface area is 418 Å². The molecule has 0 aromatic heterocycles. The van der Waals surface area contributed by atoms with Gasteiger partial charge in [0, 0.05) is 19.3 Å². The minimum absolute atomic E-state index is 0.0614. The molecule has 0 saturated carbocycles. The van der Waals surface area contributed by atoms with Crippen molar-refractivity contribution < 1.29 is 28.6 Å². The molecule has 1 atom stereocenters. The summed E-state index contributed by atoms with van der Waals surface area (Å²) in [6.45, 7) is 9.08. The van der Waals surface area contributed by atoms with E-state index in [1.165, 1.54) is 244 Å².